The van der Waals surface area contributed by atoms with Gasteiger partial charge in [-0.15, -0.1) is 0 Å². The number of anilines is 4. The van der Waals surface area contributed by atoms with Gasteiger partial charge in [0.1, 0.15) is 0 Å². The number of nitrogens with one attached hydrogen (secondary N) is 1. The summed E-state index contributed by atoms with van der Waals surface area (Å²) in [6.45, 7) is 12.1. The van der Waals surface area contributed by atoms with Crippen molar-refractivity contribution in [3.63, 3.8) is 0 Å². The first-order valence-corrected chi connectivity index (χ1v) is 15.6. The first-order valence-electron chi connectivity index (χ1n) is 15.6. The molecule has 0 amide bonds. The molecule has 4 rings (SSSR count). The molecule has 0 aliphatic heterocycles. The predicted molar refractivity (Wildman–Crippen MR) is 189 cm³/mol. The Morgan fingerprint density at radius 2 is 1.10 bits per heavy atom. The molecule has 0 saturated carbocycles. The average molecular weight is 574 g/mol. The molecule has 6 nitrogen and oxygen atoms in total. The van der Waals surface area contributed by atoms with Crippen LogP contribution in [0, 0.1) is 0 Å². The SMILES string of the molecule is CC.CC.CCCCCO.NCCCCCNc1cc(-c2ccc3cc(-c4ccc(N)c(N)c4)ccc3c2)ccc1N. The van der Waals surface area contributed by atoms with E-state index in [2.05, 4.69) is 60.8 Å². The summed E-state index contributed by atoms with van der Waals surface area (Å²) in [4.78, 5) is 0. The Morgan fingerprint density at radius 3 is 1.60 bits per heavy atom. The van der Waals surface area contributed by atoms with Gasteiger partial charge in [0.15, 0.2) is 0 Å². The maximum atomic E-state index is 8.20. The van der Waals surface area contributed by atoms with E-state index in [0.717, 1.165) is 78.8 Å². The average Bonchev–Trinajstić information content (AvgIpc) is 3.04. The van der Waals surface area contributed by atoms with E-state index >= 15 is 0 Å². The highest BCUT2D eigenvalue weighted by Gasteiger charge is 2.07. The van der Waals surface area contributed by atoms with Crippen molar-refractivity contribution in [2.75, 3.05) is 42.2 Å². The number of aliphatic hydroxyl groups excluding tert-OH is 1. The van der Waals surface area contributed by atoms with Crippen molar-refractivity contribution < 1.29 is 5.11 Å². The summed E-state index contributed by atoms with van der Waals surface area (Å²) in [6, 6.07) is 24.9. The van der Waals surface area contributed by atoms with Crippen LogP contribution in [0.15, 0.2) is 72.8 Å². The fourth-order valence-corrected chi connectivity index (χ4v) is 4.28. The van der Waals surface area contributed by atoms with E-state index in [1.54, 1.807) is 0 Å². The fraction of sp³-hybridized carbons (Fsp3) is 0.389. The molecular formula is C36H55N5O. The standard InChI is InChI=1S/C27H31N5.C5H12O.2C2H6/c28-12-2-1-3-13-32-27-17-23(9-11-25(27)30)21-7-5-18-14-20(6-4-19(18)15-21)22-8-10-24(29)26(31)16-22;1-2-3-4-5-6;2*1-2/h4-11,14-17,32H,1-3,12-13,28-31H2;6H,2-5H2,1H3;2*1-2H3. The molecule has 6 heteroatoms. The van der Waals surface area contributed by atoms with Gasteiger partial charge >= 0.3 is 0 Å². The molecule has 0 aromatic heterocycles. The van der Waals surface area contributed by atoms with Gasteiger partial charge in [0.2, 0.25) is 0 Å². The van der Waals surface area contributed by atoms with Crippen LogP contribution in [0.25, 0.3) is 33.0 Å². The summed E-state index contributed by atoms with van der Waals surface area (Å²) in [5, 5.41) is 14.0. The third-order valence-corrected chi connectivity index (χ3v) is 6.61. The summed E-state index contributed by atoms with van der Waals surface area (Å²) in [5.41, 5.74) is 31.0. The van der Waals surface area contributed by atoms with Gasteiger partial charge in [-0.3, -0.25) is 0 Å². The van der Waals surface area contributed by atoms with Crippen molar-refractivity contribution in [1.82, 2.24) is 0 Å². The molecule has 0 heterocycles. The van der Waals surface area contributed by atoms with Gasteiger partial charge in [-0.25, -0.2) is 0 Å². The molecule has 230 valence electrons. The lowest BCUT2D eigenvalue weighted by atomic mass is 9.97. The van der Waals surface area contributed by atoms with Gasteiger partial charge in [-0.05, 0) is 95.2 Å². The lowest BCUT2D eigenvalue weighted by Crippen LogP contribution is -2.05. The van der Waals surface area contributed by atoms with Crippen LogP contribution in [0.1, 0.15) is 73.1 Å². The number of fused-ring (bicyclic) bond motifs is 1. The summed E-state index contributed by atoms with van der Waals surface area (Å²) in [7, 11) is 0. The smallest absolute Gasteiger partial charge is 0.0580 e. The molecule has 10 N–H and O–H groups in total. The second kappa shape index (κ2) is 21.0. The molecule has 0 spiro atoms. The Bertz CT molecular complexity index is 1300. The minimum atomic E-state index is 0.355. The first-order chi connectivity index (χ1) is 20.5. The van der Waals surface area contributed by atoms with E-state index in [1.807, 2.05) is 52.0 Å². The van der Waals surface area contributed by atoms with Gasteiger partial charge < -0.3 is 33.4 Å². The van der Waals surface area contributed by atoms with Crippen LogP contribution in [0.4, 0.5) is 22.7 Å². The summed E-state index contributed by atoms with van der Waals surface area (Å²) in [6.07, 6.45) is 6.59. The first kappa shape index (κ1) is 36.3. The molecular weight excluding hydrogens is 518 g/mol. The topological polar surface area (TPSA) is 136 Å². The van der Waals surface area contributed by atoms with Crippen LogP contribution in [0.5, 0.6) is 0 Å². The number of nitrogens with two attached hydrogens (primary N) is 4. The third kappa shape index (κ3) is 11.6. The van der Waals surface area contributed by atoms with Crippen LogP contribution in [0.3, 0.4) is 0 Å². The van der Waals surface area contributed by atoms with Crippen LogP contribution in [0.2, 0.25) is 0 Å². The highest BCUT2D eigenvalue weighted by Crippen LogP contribution is 2.32. The molecule has 0 atom stereocenters. The quantitative estimate of drug-likeness (QED) is 0.0784. The van der Waals surface area contributed by atoms with Gasteiger partial charge in [0.25, 0.3) is 0 Å². The molecule has 0 aliphatic carbocycles. The normalized spacial score (nSPS) is 9.98. The Morgan fingerprint density at radius 1 is 0.571 bits per heavy atom. The number of hydrogen-bond donors (Lipinski definition) is 6. The number of aliphatic hydroxyl groups is 1. The van der Waals surface area contributed by atoms with E-state index in [9.17, 15) is 0 Å². The Kier molecular flexibility index (Phi) is 18.2. The minimum absolute atomic E-state index is 0.355. The molecule has 42 heavy (non-hydrogen) atoms. The van der Waals surface area contributed by atoms with E-state index < -0.39 is 0 Å². The Balaban J connectivity index is 0.000000775. The van der Waals surface area contributed by atoms with Crippen molar-refractivity contribution in [1.29, 1.82) is 0 Å². The maximum Gasteiger partial charge on any atom is 0.0580 e. The lowest BCUT2D eigenvalue weighted by molar-refractivity contribution is 0.284. The maximum absolute atomic E-state index is 8.20. The van der Waals surface area contributed by atoms with Gasteiger partial charge in [0, 0.05) is 13.2 Å². The zero-order valence-electron chi connectivity index (χ0n) is 26.5. The van der Waals surface area contributed by atoms with E-state index in [-0.39, 0.29) is 0 Å². The monoisotopic (exact) mass is 573 g/mol. The van der Waals surface area contributed by atoms with Crippen LogP contribution in [-0.2, 0) is 0 Å². The summed E-state index contributed by atoms with van der Waals surface area (Å²) in [5.74, 6) is 0. The fourth-order valence-electron chi connectivity index (χ4n) is 4.28. The second-order valence-corrected chi connectivity index (χ2v) is 9.63. The van der Waals surface area contributed by atoms with Gasteiger partial charge in [-0.2, -0.15) is 0 Å². The van der Waals surface area contributed by atoms with Crippen LogP contribution < -0.4 is 28.3 Å². The molecule has 0 unspecified atom stereocenters. The molecule has 0 aliphatic rings. The van der Waals surface area contributed by atoms with Gasteiger partial charge in [-0.1, -0.05) is 90.3 Å². The van der Waals surface area contributed by atoms with Crippen LogP contribution >= 0.6 is 0 Å². The zero-order valence-corrected chi connectivity index (χ0v) is 26.5. The summed E-state index contributed by atoms with van der Waals surface area (Å²) >= 11 is 0. The lowest BCUT2D eigenvalue weighted by Gasteiger charge is -2.12. The van der Waals surface area contributed by atoms with E-state index in [0.29, 0.717) is 18.0 Å². The third-order valence-electron chi connectivity index (χ3n) is 6.61. The molecule has 0 radical (unpaired) electrons. The molecule has 4 aromatic rings. The van der Waals surface area contributed by atoms with Crippen molar-refractivity contribution in [2.45, 2.75) is 73.1 Å². The minimum Gasteiger partial charge on any atom is -0.397 e. The second-order valence-electron chi connectivity index (χ2n) is 9.63. The van der Waals surface area contributed by atoms with E-state index in [1.165, 1.54) is 17.2 Å². The summed E-state index contributed by atoms with van der Waals surface area (Å²) < 4.78 is 0. The van der Waals surface area contributed by atoms with E-state index in [4.69, 9.17) is 28.0 Å². The molecule has 0 fully saturated rings. The number of unbranched alkanes of at least 4 members (excludes halogenated alkanes) is 4. The molecule has 0 saturated heterocycles. The van der Waals surface area contributed by atoms with Crippen molar-refractivity contribution in [3.8, 4) is 22.3 Å². The Hall–Kier alpha value is -3.74. The highest BCUT2D eigenvalue weighted by molar-refractivity contribution is 5.92. The number of benzene rings is 4. The number of hydrogen-bond acceptors (Lipinski definition) is 6. The highest BCUT2D eigenvalue weighted by atomic mass is 16.2. The van der Waals surface area contributed by atoms with Crippen molar-refractivity contribution >= 4 is 33.5 Å². The zero-order chi connectivity index (χ0) is 31.3. The van der Waals surface area contributed by atoms with Crippen molar-refractivity contribution in [3.05, 3.63) is 72.8 Å². The van der Waals surface area contributed by atoms with Crippen LogP contribution in [-0.4, -0.2) is 24.8 Å². The van der Waals surface area contributed by atoms with Gasteiger partial charge in [0.05, 0.1) is 22.7 Å². The number of nitrogen functional groups attached to an aromatic ring is 3. The van der Waals surface area contributed by atoms with Crippen molar-refractivity contribution in [2.24, 2.45) is 5.73 Å². The predicted octanol–water partition coefficient (Wildman–Crippen LogP) is 8.68. The number of rotatable bonds is 11. The molecule has 4 aromatic carbocycles. The Labute approximate surface area is 254 Å². The molecule has 0 bridgehead atoms. The largest absolute Gasteiger partial charge is 0.397 e.